The minimum Gasteiger partial charge on any atom is -0.347 e. The Bertz CT molecular complexity index is 525. The number of likely N-dealkylation sites (tertiary alicyclic amines) is 1. The van der Waals surface area contributed by atoms with Gasteiger partial charge in [-0.2, -0.15) is 0 Å². The van der Waals surface area contributed by atoms with Crippen LogP contribution in [-0.4, -0.2) is 36.5 Å². The maximum Gasteiger partial charge on any atom is 0.234 e. The molecule has 0 saturated carbocycles. The van der Waals surface area contributed by atoms with E-state index in [0.29, 0.717) is 6.54 Å². The molecule has 24 heavy (non-hydrogen) atoms. The molecule has 0 bridgehead atoms. The number of carbonyl (C=O) groups excluding carboxylic acids is 1. The van der Waals surface area contributed by atoms with Crippen molar-refractivity contribution < 1.29 is 4.79 Å². The van der Waals surface area contributed by atoms with E-state index in [1.807, 2.05) is 6.07 Å². The first kappa shape index (κ1) is 21.4. The molecular weight excluding hydrogens is 342 g/mol. The van der Waals surface area contributed by atoms with Gasteiger partial charge in [0.25, 0.3) is 0 Å². The highest BCUT2D eigenvalue weighted by atomic mass is 35.5. The molecule has 1 fully saturated rings. The highest BCUT2D eigenvalue weighted by Gasteiger charge is 2.35. The summed E-state index contributed by atoms with van der Waals surface area (Å²) in [5.41, 5.74) is 6.24. The molecule has 0 radical (unpaired) electrons. The molecule has 1 aromatic heterocycles. The maximum absolute atomic E-state index is 12.6. The van der Waals surface area contributed by atoms with E-state index in [1.54, 1.807) is 11.3 Å². The van der Waals surface area contributed by atoms with Gasteiger partial charge in [-0.3, -0.25) is 9.69 Å². The Hall–Kier alpha value is -0.620. The smallest absolute Gasteiger partial charge is 0.234 e. The Kier molecular flexibility index (Phi) is 7.29. The van der Waals surface area contributed by atoms with Crippen molar-refractivity contribution >= 4 is 29.7 Å². The predicted octanol–water partition coefficient (Wildman–Crippen LogP) is 3.43. The molecule has 1 saturated heterocycles. The summed E-state index contributed by atoms with van der Waals surface area (Å²) < 4.78 is 0. The standard InChI is InChI=1S/C18H31N3OS.ClH/c1-17(2,3)16(13-7-6-10-23-13)20-15(22)11-21-9-8-14(19)18(4,5)12-21;/h6-7,10,14,16H,8-9,11-12,19H2,1-5H3,(H,20,22);1H. The first-order chi connectivity index (χ1) is 10.6. The number of hydrogen-bond acceptors (Lipinski definition) is 4. The third-order valence-electron chi connectivity index (χ3n) is 4.76. The lowest BCUT2D eigenvalue weighted by molar-refractivity contribution is -0.124. The van der Waals surface area contributed by atoms with Crippen LogP contribution in [-0.2, 0) is 4.79 Å². The molecule has 0 aromatic carbocycles. The summed E-state index contributed by atoms with van der Waals surface area (Å²) >= 11 is 1.70. The normalized spacial score (nSPS) is 22.5. The van der Waals surface area contributed by atoms with E-state index in [9.17, 15) is 4.79 Å². The number of amides is 1. The number of thiophene rings is 1. The Morgan fingerprint density at radius 2 is 2.17 bits per heavy atom. The molecule has 2 unspecified atom stereocenters. The van der Waals surface area contributed by atoms with Crippen molar-refractivity contribution in [3.05, 3.63) is 22.4 Å². The molecule has 3 N–H and O–H groups in total. The summed E-state index contributed by atoms with van der Waals surface area (Å²) in [5.74, 6) is 0.101. The highest BCUT2D eigenvalue weighted by molar-refractivity contribution is 7.10. The molecule has 6 heteroatoms. The highest BCUT2D eigenvalue weighted by Crippen LogP contribution is 2.35. The zero-order chi connectivity index (χ0) is 17.3. The second-order valence-electron chi connectivity index (χ2n) is 8.48. The van der Waals surface area contributed by atoms with Gasteiger partial charge in [-0.05, 0) is 28.7 Å². The van der Waals surface area contributed by atoms with Gasteiger partial charge in [0.15, 0.2) is 0 Å². The molecule has 1 aliphatic heterocycles. The average Bonchev–Trinajstić information content (AvgIpc) is 2.92. The summed E-state index contributed by atoms with van der Waals surface area (Å²) in [6.45, 7) is 13.1. The van der Waals surface area contributed by atoms with Gasteiger partial charge in [0, 0.05) is 24.0 Å². The van der Waals surface area contributed by atoms with Gasteiger partial charge in [-0.25, -0.2) is 0 Å². The van der Waals surface area contributed by atoms with Gasteiger partial charge in [0.2, 0.25) is 5.91 Å². The van der Waals surface area contributed by atoms with Crippen molar-refractivity contribution in [1.82, 2.24) is 10.2 Å². The van der Waals surface area contributed by atoms with Gasteiger partial charge >= 0.3 is 0 Å². The van der Waals surface area contributed by atoms with E-state index < -0.39 is 0 Å². The van der Waals surface area contributed by atoms with Crippen LogP contribution in [0.1, 0.15) is 52.0 Å². The second-order valence-corrected chi connectivity index (χ2v) is 9.46. The van der Waals surface area contributed by atoms with Crippen LogP contribution >= 0.6 is 23.7 Å². The molecule has 1 amide bonds. The number of nitrogens with one attached hydrogen (secondary N) is 1. The van der Waals surface area contributed by atoms with Crippen molar-refractivity contribution in [3.8, 4) is 0 Å². The van der Waals surface area contributed by atoms with Crippen LogP contribution in [0.4, 0.5) is 0 Å². The monoisotopic (exact) mass is 373 g/mol. The SMILES string of the molecule is CC(C)(C)C(NC(=O)CN1CCC(N)C(C)(C)C1)c1cccs1.Cl. The number of nitrogens with zero attached hydrogens (tertiary/aromatic N) is 1. The van der Waals surface area contributed by atoms with E-state index in [2.05, 4.69) is 56.3 Å². The third kappa shape index (κ3) is 5.45. The second kappa shape index (κ2) is 8.17. The van der Waals surface area contributed by atoms with Crippen molar-refractivity contribution in [1.29, 1.82) is 0 Å². The predicted molar refractivity (Wildman–Crippen MR) is 105 cm³/mol. The van der Waals surface area contributed by atoms with Crippen LogP contribution in [0.2, 0.25) is 0 Å². The van der Waals surface area contributed by atoms with Crippen molar-refractivity contribution in [2.45, 2.75) is 53.1 Å². The Balaban J connectivity index is 0.00000288. The summed E-state index contributed by atoms with van der Waals surface area (Å²) in [5, 5.41) is 5.31. The molecule has 2 rings (SSSR count). The van der Waals surface area contributed by atoms with Gasteiger partial charge in [0.1, 0.15) is 0 Å². The van der Waals surface area contributed by atoms with Crippen molar-refractivity contribution in [3.63, 3.8) is 0 Å². The lowest BCUT2D eigenvalue weighted by atomic mass is 9.80. The van der Waals surface area contributed by atoms with Crippen LogP contribution in [0.25, 0.3) is 0 Å². The third-order valence-corrected chi connectivity index (χ3v) is 5.69. The zero-order valence-electron chi connectivity index (χ0n) is 15.5. The zero-order valence-corrected chi connectivity index (χ0v) is 17.1. The quantitative estimate of drug-likeness (QED) is 0.849. The van der Waals surface area contributed by atoms with Gasteiger partial charge in [0.05, 0.1) is 12.6 Å². The van der Waals surface area contributed by atoms with Crippen molar-refractivity contribution in [2.24, 2.45) is 16.6 Å². The molecule has 1 aromatic rings. The van der Waals surface area contributed by atoms with E-state index in [0.717, 1.165) is 19.5 Å². The summed E-state index contributed by atoms with van der Waals surface area (Å²) in [6.07, 6.45) is 0.952. The Morgan fingerprint density at radius 1 is 1.50 bits per heavy atom. The number of piperidine rings is 1. The largest absolute Gasteiger partial charge is 0.347 e. The number of nitrogens with two attached hydrogens (primary N) is 1. The van der Waals surface area contributed by atoms with Crippen LogP contribution < -0.4 is 11.1 Å². The summed E-state index contributed by atoms with van der Waals surface area (Å²) in [4.78, 5) is 16.0. The number of halogens is 1. The minimum absolute atomic E-state index is 0. The number of carbonyl (C=O) groups is 1. The summed E-state index contributed by atoms with van der Waals surface area (Å²) in [7, 11) is 0. The first-order valence-corrected chi connectivity index (χ1v) is 9.28. The molecule has 138 valence electrons. The fraction of sp³-hybridized carbons (Fsp3) is 0.722. The Labute approximate surface area is 156 Å². The van der Waals surface area contributed by atoms with E-state index in [-0.39, 0.29) is 41.2 Å². The van der Waals surface area contributed by atoms with Crippen LogP contribution in [0, 0.1) is 10.8 Å². The average molecular weight is 374 g/mol. The fourth-order valence-corrected chi connectivity index (χ4v) is 4.22. The molecular formula is C18H32ClN3OS. The topological polar surface area (TPSA) is 58.4 Å². The van der Waals surface area contributed by atoms with Gasteiger partial charge < -0.3 is 11.1 Å². The molecule has 4 nitrogen and oxygen atoms in total. The fourth-order valence-electron chi connectivity index (χ4n) is 3.20. The van der Waals surface area contributed by atoms with E-state index in [4.69, 9.17) is 5.73 Å². The van der Waals surface area contributed by atoms with Gasteiger partial charge in [-0.1, -0.05) is 40.7 Å². The molecule has 2 atom stereocenters. The van der Waals surface area contributed by atoms with Gasteiger partial charge in [-0.15, -0.1) is 23.7 Å². The molecule has 2 heterocycles. The van der Waals surface area contributed by atoms with Crippen molar-refractivity contribution in [2.75, 3.05) is 19.6 Å². The molecule has 1 aliphatic rings. The van der Waals surface area contributed by atoms with Crippen LogP contribution in [0.15, 0.2) is 17.5 Å². The summed E-state index contributed by atoms with van der Waals surface area (Å²) in [6, 6.07) is 4.41. The van der Waals surface area contributed by atoms with E-state index in [1.165, 1.54) is 4.88 Å². The van der Waals surface area contributed by atoms with Crippen LogP contribution in [0.5, 0.6) is 0 Å². The number of hydrogen-bond donors (Lipinski definition) is 2. The molecule has 0 aliphatic carbocycles. The molecule has 0 spiro atoms. The minimum atomic E-state index is -0.00988. The maximum atomic E-state index is 12.6. The lowest BCUT2D eigenvalue weighted by Gasteiger charge is -2.42. The Morgan fingerprint density at radius 3 is 2.67 bits per heavy atom. The first-order valence-electron chi connectivity index (χ1n) is 8.40. The number of rotatable bonds is 4. The van der Waals surface area contributed by atoms with E-state index >= 15 is 0 Å². The lowest BCUT2D eigenvalue weighted by Crippen LogP contribution is -2.54. The van der Waals surface area contributed by atoms with Crippen LogP contribution in [0.3, 0.4) is 0 Å².